The van der Waals surface area contributed by atoms with Crippen LogP contribution in [-0.2, 0) is 20.9 Å². The van der Waals surface area contributed by atoms with Crippen LogP contribution in [0.15, 0.2) is 33.2 Å². The second-order valence-corrected chi connectivity index (χ2v) is 2.67. The van der Waals surface area contributed by atoms with Crippen molar-refractivity contribution in [2.45, 2.75) is 6.54 Å². The number of benzene rings is 1. The second-order valence-electron chi connectivity index (χ2n) is 2.67. The quantitative estimate of drug-likeness (QED) is 0.562. The number of hydrogen-bond donors (Lipinski definition) is 0. The molecule has 0 radical (unpaired) electrons. The van der Waals surface area contributed by atoms with Gasteiger partial charge in [-0.15, -0.1) is 0 Å². The number of nitrogens with zero attached hydrogens (tertiary/aromatic N) is 3. The highest BCUT2D eigenvalue weighted by molar-refractivity contribution is 5.60. The van der Waals surface area contributed by atoms with Gasteiger partial charge in [-0.2, -0.15) is 9.98 Å². The summed E-state index contributed by atoms with van der Waals surface area (Å²) < 4.78 is 0. The van der Waals surface area contributed by atoms with E-state index in [1.54, 1.807) is 0 Å². The molecule has 0 heterocycles. The van der Waals surface area contributed by atoms with Gasteiger partial charge in [0.15, 0.2) is 0 Å². The maximum Gasteiger partial charge on any atom is 0.240 e. The Kier molecular flexibility index (Phi) is 4.26. The van der Waals surface area contributed by atoms with Crippen LogP contribution in [0.4, 0.5) is 11.4 Å². The van der Waals surface area contributed by atoms with Gasteiger partial charge in [-0.3, -0.25) is 0 Å². The van der Waals surface area contributed by atoms with E-state index in [-0.39, 0.29) is 17.9 Å². The van der Waals surface area contributed by atoms with E-state index in [1.807, 2.05) is 0 Å². The summed E-state index contributed by atoms with van der Waals surface area (Å²) in [4.78, 5) is 40.2. The smallest absolute Gasteiger partial charge is 0.211 e. The molecule has 0 aliphatic rings. The Morgan fingerprint density at radius 2 is 1.44 bits per heavy atom. The maximum atomic E-state index is 10.1. The molecule has 1 aromatic rings. The van der Waals surface area contributed by atoms with Crippen LogP contribution in [0.25, 0.3) is 0 Å². The number of carbonyl (C=O) groups excluding carboxylic acids is 3. The summed E-state index contributed by atoms with van der Waals surface area (Å²) >= 11 is 0. The first-order valence-electron chi connectivity index (χ1n) is 4.13. The van der Waals surface area contributed by atoms with Gasteiger partial charge in [0.05, 0.1) is 17.9 Å². The van der Waals surface area contributed by atoms with Crippen molar-refractivity contribution in [3.05, 3.63) is 23.8 Å². The molecule has 0 bridgehead atoms. The van der Waals surface area contributed by atoms with Crippen LogP contribution in [0.1, 0.15) is 5.56 Å². The molecule has 0 atom stereocenters. The first kappa shape index (κ1) is 11.4. The minimum atomic E-state index is 0.0765. The molecule has 0 aromatic heterocycles. The zero-order valence-corrected chi connectivity index (χ0v) is 8.01. The normalized spacial score (nSPS) is 8.25. The molecular weight excluding hydrogens is 210 g/mol. The van der Waals surface area contributed by atoms with E-state index in [9.17, 15) is 14.4 Å². The lowest BCUT2D eigenvalue weighted by molar-refractivity contribution is 0.562. The van der Waals surface area contributed by atoms with E-state index in [4.69, 9.17) is 0 Å². The van der Waals surface area contributed by atoms with Crippen molar-refractivity contribution >= 4 is 29.6 Å². The van der Waals surface area contributed by atoms with Gasteiger partial charge in [-0.05, 0) is 23.8 Å². The van der Waals surface area contributed by atoms with Crippen molar-refractivity contribution in [1.82, 2.24) is 0 Å². The van der Waals surface area contributed by atoms with Gasteiger partial charge in [0.1, 0.15) is 0 Å². The van der Waals surface area contributed by atoms with E-state index in [0.29, 0.717) is 5.56 Å². The van der Waals surface area contributed by atoms with Crippen molar-refractivity contribution in [1.29, 1.82) is 0 Å². The molecule has 0 unspecified atom stereocenters. The summed E-state index contributed by atoms with van der Waals surface area (Å²) in [6.45, 7) is 0.0765. The van der Waals surface area contributed by atoms with Gasteiger partial charge in [0.25, 0.3) is 0 Å². The molecule has 6 nitrogen and oxygen atoms in total. The van der Waals surface area contributed by atoms with Crippen LogP contribution >= 0.6 is 0 Å². The summed E-state index contributed by atoms with van der Waals surface area (Å²) in [5, 5.41) is 0. The van der Waals surface area contributed by atoms with E-state index in [0.717, 1.165) is 0 Å². The van der Waals surface area contributed by atoms with Crippen LogP contribution < -0.4 is 0 Å². The van der Waals surface area contributed by atoms with Gasteiger partial charge >= 0.3 is 0 Å². The first-order valence-corrected chi connectivity index (χ1v) is 4.13. The largest absolute Gasteiger partial charge is 0.240 e. The summed E-state index contributed by atoms with van der Waals surface area (Å²) in [6, 6.07) is 4.45. The van der Waals surface area contributed by atoms with Gasteiger partial charge in [0, 0.05) is 0 Å². The van der Waals surface area contributed by atoms with E-state index in [1.165, 1.54) is 36.4 Å². The highest BCUT2D eigenvalue weighted by atomic mass is 16.1. The van der Waals surface area contributed by atoms with Crippen molar-refractivity contribution in [3.63, 3.8) is 0 Å². The molecule has 0 saturated heterocycles. The van der Waals surface area contributed by atoms with Gasteiger partial charge in [-0.1, -0.05) is 0 Å². The van der Waals surface area contributed by atoms with Crippen molar-refractivity contribution in [3.8, 4) is 0 Å². The van der Waals surface area contributed by atoms with Crippen molar-refractivity contribution in [2.24, 2.45) is 15.0 Å². The molecule has 16 heavy (non-hydrogen) atoms. The lowest BCUT2D eigenvalue weighted by atomic mass is 10.2. The highest BCUT2D eigenvalue weighted by Crippen LogP contribution is 2.23. The average molecular weight is 215 g/mol. The predicted molar refractivity (Wildman–Crippen MR) is 53.8 cm³/mol. The fourth-order valence-corrected chi connectivity index (χ4v) is 1.11. The summed E-state index contributed by atoms with van der Waals surface area (Å²) in [5.41, 5.74) is 1.14. The summed E-state index contributed by atoms with van der Waals surface area (Å²) in [7, 11) is 0. The minimum absolute atomic E-state index is 0.0765. The van der Waals surface area contributed by atoms with E-state index in [2.05, 4.69) is 15.0 Å². The zero-order valence-electron chi connectivity index (χ0n) is 8.01. The van der Waals surface area contributed by atoms with Crippen LogP contribution in [-0.4, -0.2) is 18.2 Å². The van der Waals surface area contributed by atoms with E-state index >= 15 is 0 Å². The number of aliphatic imine (C=N–C) groups is 3. The van der Waals surface area contributed by atoms with Crippen LogP contribution in [0.2, 0.25) is 0 Å². The first-order chi connectivity index (χ1) is 7.80. The molecular formula is C10H5N3O3. The zero-order chi connectivity index (χ0) is 11.8. The number of rotatable bonds is 4. The van der Waals surface area contributed by atoms with Crippen molar-refractivity contribution < 1.29 is 14.4 Å². The minimum Gasteiger partial charge on any atom is -0.211 e. The number of isocyanates is 3. The molecule has 0 amide bonds. The second kappa shape index (κ2) is 5.96. The Balaban J connectivity index is 3.21. The molecule has 0 aliphatic carbocycles. The average Bonchev–Trinajstić information content (AvgIpc) is 2.27. The molecule has 6 heteroatoms. The van der Waals surface area contributed by atoms with E-state index < -0.39 is 0 Å². The number of hydrogen-bond acceptors (Lipinski definition) is 6. The third-order valence-electron chi connectivity index (χ3n) is 1.64. The van der Waals surface area contributed by atoms with Crippen molar-refractivity contribution in [2.75, 3.05) is 0 Å². The third kappa shape index (κ3) is 3.25. The Bertz CT molecular complexity index is 498. The fourth-order valence-electron chi connectivity index (χ4n) is 1.11. The molecule has 78 valence electrons. The Labute approximate surface area is 90.1 Å². The van der Waals surface area contributed by atoms with Gasteiger partial charge < -0.3 is 0 Å². The highest BCUT2D eigenvalue weighted by Gasteiger charge is 1.99. The standard InChI is InChI=1S/C10H5N3O3/c14-5-11-4-8-1-9(12-6-15)3-10(2-8)13-7-16/h1-3H,4H2. The molecule has 0 saturated carbocycles. The molecule has 1 rings (SSSR count). The molecule has 0 aliphatic heterocycles. The third-order valence-corrected chi connectivity index (χ3v) is 1.64. The fraction of sp³-hybridized carbons (Fsp3) is 0.100. The lowest BCUT2D eigenvalue weighted by Crippen LogP contribution is -1.80. The van der Waals surface area contributed by atoms with Gasteiger partial charge in [0.2, 0.25) is 18.2 Å². The maximum absolute atomic E-state index is 10.1. The summed E-state index contributed by atoms with van der Waals surface area (Å²) in [6.07, 6.45) is 4.11. The molecule has 0 N–H and O–H groups in total. The monoisotopic (exact) mass is 215 g/mol. The Morgan fingerprint density at radius 3 is 1.88 bits per heavy atom. The topological polar surface area (TPSA) is 88.3 Å². The van der Waals surface area contributed by atoms with Crippen LogP contribution in [0, 0.1) is 0 Å². The summed E-state index contributed by atoms with van der Waals surface area (Å²) in [5.74, 6) is 0. The van der Waals surface area contributed by atoms with Gasteiger partial charge in [-0.25, -0.2) is 19.4 Å². The SMILES string of the molecule is O=C=NCc1cc(N=C=O)cc(N=C=O)c1. The predicted octanol–water partition coefficient (Wildman–Crippen LogP) is 1.46. The lowest BCUT2D eigenvalue weighted by Gasteiger charge is -1.98. The van der Waals surface area contributed by atoms with Crippen LogP contribution in [0.3, 0.4) is 0 Å². The molecule has 0 fully saturated rings. The Morgan fingerprint density at radius 1 is 0.875 bits per heavy atom. The van der Waals surface area contributed by atoms with Crippen LogP contribution in [0.5, 0.6) is 0 Å². The molecule has 0 spiro atoms. The Hall–Kier alpha value is -2.64. The molecule has 1 aromatic carbocycles.